The van der Waals surface area contributed by atoms with Crippen LogP contribution in [0.4, 0.5) is 0 Å². The van der Waals surface area contributed by atoms with Gasteiger partial charge in [0.1, 0.15) is 48.8 Å². The van der Waals surface area contributed by atoms with Crippen molar-refractivity contribution in [2.24, 2.45) is 0 Å². The SMILES string of the molecule is COC(=O)CCCCCCCCO[C@@H]1O[C@H](COCc2ccccc2)[C@@H](O[C@H]2CC[C@](O)(Cl)[C@@H](C(O)Cl)O2)[C@H](O[C@@H]2O[C@@H](C)[C@@H](OCc3ccccc3)[C@@H](OCc3ccccc3)[C@@H]2OCc2ccccc2)[C@H]1NC(=O)c1ccccc1. The molecule has 0 aliphatic carbocycles. The van der Waals surface area contributed by atoms with Gasteiger partial charge in [-0.2, -0.15) is 0 Å². The zero-order valence-corrected chi connectivity index (χ0v) is 47.5. The topological polar surface area (TPSA) is 188 Å². The fourth-order valence-electron chi connectivity index (χ4n) is 10.2. The van der Waals surface area contributed by atoms with Crippen LogP contribution in [-0.4, -0.2) is 127 Å². The summed E-state index contributed by atoms with van der Waals surface area (Å²) >= 11 is 12.7. The zero-order chi connectivity index (χ0) is 56.8. The monoisotopic (exact) mass is 1160 g/mol. The highest BCUT2D eigenvalue weighted by atomic mass is 35.5. The largest absolute Gasteiger partial charge is 0.469 e. The first kappa shape index (κ1) is 62.2. The Bertz CT molecular complexity index is 2580. The smallest absolute Gasteiger partial charge is 0.305 e. The molecule has 14 atom stereocenters. The molecule has 3 saturated heterocycles. The van der Waals surface area contributed by atoms with Crippen LogP contribution in [0.1, 0.15) is 97.3 Å². The fraction of sp³-hybridized carbons (Fsp3) is 0.492. The Morgan fingerprint density at radius 2 is 1.14 bits per heavy atom. The average molecular weight is 1160 g/mol. The third-order valence-corrected chi connectivity index (χ3v) is 15.2. The Morgan fingerprint density at radius 1 is 0.617 bits per heavy atom. The first-order valence-electron chi connectivity index (χ1n) is 28.1. The Labute approximate surface area is 485 Å². The molecule has 3 N–H and O–H groups in total. The Morgan fingerprint density at radius 3 is 1.70 bits per heavy atom. The molecular formula is C63H77Cl2NO15. The highest BCUT2D eigenvalue weighted by Crippen LogP contribution is 2.40. The van der Waals surface area contributed by atoms with E-state index in [1.165, 1.54) is 7.11 Å². The lowest BCUT2D eigenvalue weighted by Gasteiger charge is -2.51. The minimum absolute atomic E-state index is 0.0557. The van der Waals surface area contributed by atoms with Gasteiger partial charge in [0.25, 0.3) is 5.91 Å². The fourth-order valence-corrected chi connectivity index (χ4v) is 10.8. The number of aliphatic hydroxyl groups is 2. The number of ether oxygens (including phenoxy) is 11. The van der Waals surface area contributed by atoms with E-state index in [9.17, 15) is 19.8 Å². The summed E-state index contributed by atoms with van der Waals surface area (Å²) < 4.78 is 73.5. The van der Waals surface area contributed by atoms with E-state index in [2.05, 4.69) is 5.32 Å². The molecule has 438 valence electrons. The molecular weight excluding hydrogens is 1080 g/mol. The lowest BCUT2D eigenvalue weighted by molar-refractivity contribution is -0.370. The zero-order valence-electron chi connectivity index (χ0n) is 46.0. The number of halogens is 2. The molecule has 3 aliphatic heterocycles. The minimum atomic E-state index is -2.02. The Kier molecular flexibility index (Phi) is 24.8. The van der Waals surface area contributed by atoms with Crippen LogP contribution < -0.4 is 5.32 Å². The number of aliphatic hydroxyl groups excluding tert-OH is 1. The average Bonchev–Trinajstić information content (AvgIpc) is 3.67. The van der Waals surface area contributed by atoms with Crippen LogP contribution in [0.2, 0.25) is 0 Å². The molecule has 16 nitrogen and oxygen atoms in total. The predicted molar refractivity (Wildman–Crippen MR) is 302 cm³/mol. The van der Waals surface area contributed by atoms with Gasteiger partial charge in [0.2, 0.25) is 0 Å². The highest BCUT2D eigenvalue weighted by Gasteiger charge is 2.56. The van der Waals surface area contributed by atoms with Crippen molar-refractivity contribution in [2.45, 2.75) is 176 Å². The minimum Gasteiger partial charge on any atom is -0.469 e. The lowest BCUT2D eigenvalue weighted by atomic mass is 9.94. The summed E-state index contributed by atoms with van der Waals surface area (Å²) in [6.45, 7) is 2.87. The molecule has 3 heterocycles. The Balaban J connectivity index is 1.18. The maximum absolute atomic E-state index is 14.7. The second-order valence-corrected chi connectivity index (χ2v) is 21.7. The maximum atomic E-state index is 14.7. The first-order chi connectivity index (χ1) is 39.4. The van der Waals surface area contributed by atoms with Crippen LogP contribution >= 0.6 is 23.2 Å². The van der Waals surface area contributed by atoms with Gasteiger partial charge in [0.05, 0.1) is 46.2 Å². The molecule has 3 aliphatic rings. The number of carbonyl (C=O) groups is 2. The number of alkyl halides is 2. The first-order valence-corrected chi connectivity index (χ1v) is 28.9. The summed E-state index contributed by atoms with van der Waals surface area (Å²) in [5.41, 5.74) is 2.33. The van der Waals surface area contributed by atoms with Gasteiger partial charge >= 0.3 is 5.97 Å². The van der Waals surface area contributed by atoms with Gasteiger partial charge in [-0.15, -0.1) is 0 Å². The number of nitrogens with one attached hydrogen (secondary N) is 1. The normalized spacial score (nSPS) is 28.0. The van der Waals surface area contributed by atoms with E-state index < -0.39 is 90.3 Å². The number of methoxy groups -OCH3 is 1. The van der Waals surface area contributed by atoms with Crippen molar-refractivity contribution in [3.05, 3.63) is 179 Å². The summed E-state index contributed by atoms with van der Waals surface area (Å²) in [7, 11) is 1.40. The Hall–Kier alpha value is -4.86. The molecule has 0 radical (unpaired) electrons. The van der Waals surface area contributed by atoms with Crippen LogP contribution in [0.25, 0.3) is 0 Å². The molecule has 81 heavy (non-hydrogen) atoms. The quantitative estimate of drug-likeness (QED) is 0.0224. The van der Waals surface area contributed by atoms with E-state index in [1.807, 2.05) is 134 Å². The standard InChI is InChI=1S/C63H77Cl2NO15/c1-43-53(74-39-45-26-14-8-15-27-45)56(75-40-46-28-16-9-17-29-46)57(76-41-47-30-18-10-19-31-47)62(77-43)81-55-52(66-60(69)48-32-20-11-21-33-48)61(73-37-23-6-4-3-5-22-34-50(67)71-2)78-49(42-72-38-44-24-12-7-13-25-44)54(55)79-51-35-36-63(65,70)58(80-51)59(64)68/h7-21,24-33,43,49,51-59,61-62,68,70H,3-6,22-23,34-42H2,1-2H3,(H,66,69)/t43-,49+,51+,52+,53+,54+,55+,56+,57-,58+,59?,61+,62-,63+/m0/s1. The van der Waals surface area contributed by atoms with Crippen LogP contribution in [0, 0.1) is 0 Å². The molecule has 5 aromatic carbocycles. The molecule has 18 heteroatoms. The van der Waals surface area contributed by atoms with Gasteiger partial charge in [-0.3, -0.25) is 9.59 Å². The van der Waals surface area contributed by atoms with Gasteiger partial charge in [0, 0.05) is 25.0 Å². The van der Waals surface area contributed by atoms with Crippen molar-refractivity contribution in [2.75, 3.05) is 20.3 Å². The third-order valence-electron chi connectivity index (χ3n) is 14.6. The van der Waals surface area contributed by atoms with E-state index in [0.29, 0.717) is 18.4 Å². The van der Waals surface area contributed by atoms with Gasteiger partial charge in [-0.05, 0) is 60.6 Å². The summed E-state index contributed by atoms with van der Waals surface area (Å²) in [6.07, 6.45) is -6.25. The van der Waals surface area contributed by atoms with E-state index in [0.717, 1.165) is 54.4 Å². The number of amides is 1. The van der Waals surface area contributed by atoms with Crippen LogP contribution in [0.3, 0.4) is 0 Å². The maximum Gasteiger partial charge on any atom is 0.305 e. The molecule has 0 aromatic heterocycles. The van der Waals surface area contributed by atoms with E-state index in [4.69, 9.17) is 75.3 Å². The summed E-state index contributed by atoms with van der Waals surface area (Å²) in [5, 5.41) is 23.0. The van der Waals surface area contributed by atoms with Crippen molar-refractivity contribution in [1.82, 2.24) is 5.32 Å². The van der Waals surface area contributed by atoms with Crippen molar-refractivity contribution >= 4 is 35.1 Å². The third kappa shape index (κ3) is 18.8. The number of rotatable bonds is 30. The van der Waals surface area contributed by atoms with Crippen LogP contribution in [-0.2, 0) is 83.3 Å². The van der Waals surface area contributed by atoms with Crippen LogP contribution in [0.5, 0.6) is 0 Å². The van der Waals surface area contributed by atoms with E-state index in [1.54, 1.807) is 24.3 Å². The van der Waals surface area contributed by atoms with Crippen molar-refractivity contribution in [3.63, 3.8) is 0 Å². The number of hydrogen-bond donors (Lipinski definition) is 3. The summed E-state index contributed by atoms with van der Waals surface area (Å²) in [4.78, 5) is 26.4. The van der Waals surface area contributed by atoms with Crippen molar-refractivity contribution in [3.8, 4) is 0 Å². The molecule has 1 unspecified atom stereocenters. The molecule has 3 fully saturated rings. The van der Waals surface area contributed by atoms with Crippen molar-refractivity contribution in [1.29, 1.82) is 0 Å². The number of unbranched alkanes of at least 4 members (excludes halogenated alkanes) is 5. The summed E-state index contributed by atoms with van der Waals surface area (Å²) in [6, 6.07) is 46.7. The highest BCUT2D eigenvalue weighted by molar-refractivity contribution is 6.25. The summed E-state index contributed by atoms with van der Waals surface area (Å²) in [5.74, 6) is -0.668. The van der Waals surface area contributed by atoms with Gasteiger partial charge in [0.15, 0.2) is 29.5 Å². The molecule has 8 rings (SSSR count). The number of esters is 1. The van der Waals surface area contributed by atoms with Crippen molar-refractivity contribution < 1.29 is 71.9 Å². The van der Waals surface area contributed by atoms with E-state index in [-0.39, 0.29) is 58.5 Å². The van der Waals surface area contributed by atoms with Gasteiger partial charge in [-0.1, -0.05) is 188 Å². The second-order valence-electron chi connectivity index (χ2n) is 20.6. The predicted octanol–water partition coefficient (Wildman–Crippen LogP) is 9.91. The molecule has 0 saturated carbocycles. The molecule has 0 spiro atoms. The molecule has 0 bridgehead atoms. The number of benzene rings is 5. The number of hydrogen-bond acceptors (Lipinski definition) is 15. The number of carbonyl (C=O) groups excluding carboxylic acids is 2. The second kappa shape index (κ2) is 32.3. The van der Waals surface area contributed by atoms with Crippen LogP contribution in [0.15, 0.2) is 152 Å². The molecule has 5 aromatic rings. The van der Waals surface area contributed by atoms with Gasteiger partial charge < -0.3 is 67.6 Å². The van der Waals surface area contributed by atoms with Gasteiger partial charge in [-0.25, -0.2) is 0 Å². The molecule has 1 amide bonds. The van der Waals surface area contributed by atoms with E-state index >= 15 is 0 Å². The lowest BCUT2D eigenvalue weighted by Crippen LogP contribution is -2.69.